The van der Waals surface area contributed by atoms with Crippen LogP contribution in [0.2, 0.25) is 0 Å². The molecule has 0 aliphatic heterocycles. The zero-order chi connectivity index (χ0) is 37.0. The average molecular weight is 724 g/mol. The van der Waals surface area contributed by atoms with Crippen LogP contribution in [-0.2, 0) is 19.6 Å². The van der Waals surface area contributed by atoms with E-state index in [0.29, 0.717) is 19.1 Å². The summed E-state index contributed by atoms with van der Waals surface area (Å²) in [7, 11) is 10.8. The topological polar surface area (TPSA) is 40.2 Å². The monoisotopic (exact) mass is 724 g/mol. The van der Waals surface area contributed by atoms with E-state index in [1.807, 2.05) is 0 Å². The predicted octanol–water partition coefficient (Wildman–Crippen LogP) is 12.1. The molecule has 0 aromatic heterocycles. The lowest BCUT2D eigenvalue weighted by molar-refractivity contribution is -0.871. The van der Waals surface area contributed by atoms with Gasteiger partial charge in [-0.3, -0.25) is 0 Å². The molecule has 5 unspecified atom stereocenters. The summed E-state index contributed by atoms with van der Waals surface area (Å²) < 4.78 is 0.910. The molecule has 0 saturated heterocycles. The Balaban J connectivity index is 2.01. The fourth-order valence-corrected chi connectivity index (χ4v) is 9.36. The third-order valence-electron chi connectivity index (χ3n) is 12.6. The van der Waals surface area contributed by atoms with Crippen molar-refractivity contribution in [1.29, 1.82) is 0 Å². The first-order valence-electron chi connectivity index (χ1n) is 22.7. The number of hydrogen-bond acceptors (Lipinski definition) is 5. The van der Waals surface area contributed by atoms with Gasteiger partial charge in [-0.2, -0.15) is 0 Å². The largest absolute Gasteiger partial charge is 0.329 e. The second kappa shape index (κ2) is 30.0. The van der Waals surface area contributed by atoms with E-state index in [2.05, 4.69) is 54.0 Å². The van der Waals surface area contributed by atoms with Gasteiger partial charge >= 0.3 is 0 Å². The minimum Gasteiger partial charge on any atom is -0.329 e. The van der Waals surface area contributed by atoms with E-state index in [1.165, 1.54) is 161 Å². The van der Waals surface area contributed by atoms with Gasteiger partial charge in [-0.1, -0.05) is 142 Å². The Morgan fingerprint density at radius 2 is 1.02 bits per heavy atom. The Morgan fingerprint density at radius 3 is 1.65 bits per heavy atom. The lowest BCUT2D eigenvalue weighted by atomic mass is 9.59. The van der Waals surface area contributed by atoms with Crippen LogP contribution in [0.1, 0.15) is 181 Å². The van der Waals surface area contributed by atoms with Gasteiger partial charge in [0.25, 0.3) is 0 Å². The van der Waals surface area contributed by atoms with Gasteiger partial charge in [0.05, 0.1) is 41.0 Å². The molecule has 0 aromatic rings. The molecule has 0 heterocycles. The van der Waals surface area contributed by atoms with Crippen LogP contribution in [0.15, 0.2) is 0 Å². The first kappa shape index (κ1) is 46.9. The van der Waals surface area contributed by atoms with Crippen LogP contribution in [0.4, 0.5) is 0 Å². The molecule has 0 amide bonds. The van der Waals surface area contributed by atoms with Crippen LogP contribution >= 0.6 is 0 Å². The zero-order valence-electron chi connectivity index (χ0n) is 35.6. The highest BCUT2D eigenvalue weighted by atomic mass is 17.2. The third kappa shape index (κ3) is 23.3. The van der Waals surface area contributed by atoms with Crippen molar-refractivity contribution in [2.75, 3.05) is 74.8 Å². The van der Waals surface area contributed by atoms with Gasteiger partial charge in [-0.15, -0.1) is 0 Å². The Bertz CT molecular complexity index is 774. The van der Waals surface area contributed by atoms with Gasteiger partial charge in [-0.25, -0.2) is 19.6 Å². The van der Waals surface area contributed by atoms with E-state index in [1.54, 1.807) is 0 Å². The van der Waals surface area contributed by atoms with Crippen molar-refractivity contribution in [3.8, 4) is 0 Å². The molecule has 0 spiro atoms. The highest BCUT2D eigenvalue weighted by Gasteiger charge is 2.40. The smallest absolute Gasteiger partial charge is 0.131 e. The van der Waals surface area contributed by atoms with Crippen molar-refractivity contribution >= 4 is 0 Å². The molecular formula is C45H91N2O4+. The van der Waals surface area contributed by atoms with Crippen LogP contribution < -0.4 is 0 Å². The summed E-state index contributed by atoms with van der Waals surface area (Å²) >= 11 is 0. The molecule has 2 fully saturated rings. The van der Waals surface area contributed by atoms with Crippen molar-refractivity contribution < 1.29 is 24.0 Å². The van der Waals surface area contributed by atoms with Gasteiger partial charge in [0.1, 0.15) is 13.2 Å². The number of hydrogen-bond donors (Lipinski definition) is 0. The number of unbranched alkanes of at least 4 members (excludes halogenated alkanes) is 11. The molecule has 6 nitrogen and oxygen atoms in total. The number of likely N-dealkylation sites (N-methyl/N-ethyl adjacent to an activating group) is 2. The number of nitrogens with zero attached hydrogens (tertiary/aromatic N) is 2. The van der Waals surface area contributed by atoms with Gasteiger partial charge in [-0.05, 0) is 88.1 Å². The molecule has 0 radical (unpaired) electrons. The third-order valence-corrected chi connectivity index (χ3v) is 12.6. The van der Waals surface area contributed by atoms with Crippen LogP contribution in [0.5, 0.6) is 0 Å². The standard InChI is InChI=1S/C45H91N2O4/c1-8-10-12-20-26-40-31-32-41(27-21-16-14-15-19-25-35-48-50-37-34-47(5,6)7)45(44(40)30-24-13-11-9-2)38-42-28-22-17-18-23-29-43(42)39-51-49-36-33-46(3)4/h40-45H,8-39H2,1-7H3/q+1/t40?,41-,42?,43?,44?,45?/m1/s1. The van der Waals surface area contributed by atoms with Gasteiger partial charge in [0.15, 0.2) is 0 Å². The van der Waals surface area contributed by atoms with Crippen LogP contribution in [0.3, 0.4) is 0 Å². The van der Waals surface area contributed by atoms with E-state index in [0.717, 1.165) is 66.8 Å². The molecule has 0 aromatic carbocycles. The highest BCUT2D eigenvalue weighted by molar-refractivity contribution is 4.90. The second-order valence-electron chi connectivity index (χ2n) is 18.3. The highest BCUT2D eigenvalue weighted by Crippen LogP contribution is 2.50. The Kier molecular flexibility index (Phi) is 27.6. The minimum absolute atomic E-state index is 0.656. The minimum atomic E-state index is 0.656. The molecule has 6 atom stereocenters. The SMILES string of the molecule is CCCCCCC1CC[C@@H](CCCCCCCCOOCC[N+](C)(C)C)C(CC2CCCCCCC2COOCCN(C)C)C1CCCCCC. The summed E-state index contributed by atoms with van der Waals surface area (Å²) in [4.78, 5) is 24.7. The maximum Gasteiger partial charge on any atom is 0.131 e. The fraction of sp³-hybridized carbons (Fsp3) is 1.00. The summed E-state index contributed by atoms with van der Waals surface area (Å²) in [6.45, 7) is 9.48. The number of quaternary nitrogens is 1. The van der Waals surface area contributed by atoms with Crippen LogP contribution in [-0.4, -0.2) is 84.1 Å². The first-order chi connectivity index (χ1) is 24.7. The molecule has 51 heavy (non-hydrogen) atoms. The summed E-state index contributed by atoms with van der Waals surface area (Å²) in [6, 6.07) is 0. The Hall–Kier alpha value is -0.240. The zero-order valence-corrected chi connectivity index (χ0v) is 35.6. The van der Waals surface area contributed by atoms with E-state index in [9.17, 15) is 0 Å². The Labute approximate surface area is 319 Å². The summed E-state index contributed by atoms with van der Waals surface area (Å²) in [5.41, 5.74) is 0. The normalized spacial score (nSPS) is 24.9. The lowest BCUT2D eigenvalue weighted by Gasteiger charge is -2.46. The van der Waals surface area contributed by atoms with Gasteiger partial charge < -0.3 is 9.38 Å². The van der Waals surface area contributed by atoms with Gasteiger partial charge in [0.2, 0.25) is 0 Å². The quantitative estimate of drug-likeness (QED) is 0.0308. The van der Waals surface area contributed by atoms with E-state index in [-0.39, 0.29) is 0 Å². The predicted molar refractivity (Wildman–Crippen MR) is 218 cm³/mol. The van der Waals surface area contributed by atoms with E-state index < -0.39 is 0 Å². The summed E-state index contributed by atoms with van der Waals surface area (Å²) in [5.74, 6) is 5.19. The van der Waals surface area contributed by atoms with Crippen molar-refractivity contribution in [3.63, 3.8) is 0 Å². The molecule has 2 rings (SSSR count). The summed E-state index contributed by atoms with van der Waals surface area (Å²) in [6.07, 6.45) is 36.4. The summed E-state index contributed by atoms with van der Waals surface area (Å²) in [5, 5.41) is 0. The maximum atomic E-state index is 6.00. The maximum absolute atomic E-state index is 6.00. The molecule has 0 N–H and O–H groups in total. The molecule has 2 aliphatic rings. The second-order valence-corrected chi connectivity index (χ2v) is 18.3. The van der Waals surface area contributed by atoms with Crippen LogP contribution in [0.25, 0.3) is 0 Å². The van der Waals surface area contributed by atoms with Crippen LogP contribution in [0, 0.1) is 35.5 Å². The molecule has 304 valence electrons. The Morgan fingerprint density at radius 1 is 0.490 bits per heavy atom. The lowest BCUT2D eigenvalue weighted by Crippen LogP contribution is -2.38. The average Bonchev–Trinajstić information content (AvgIpc) is 3.08. The van der Waals surface area contributed by atoms with Crippen molar-refractivity contribution in [2.24, 2.45) is 35.5 Å². The van der Waals surface area contributed by atoms with Gasteiger partial charge in [0, 0.05) is 6.54 Å². The molecule has 2 saturated carbocycles. The van der Waals surface area contributed by atoms with Crippen molar-refractivity contribution in [1.82, 2.24) is 4.90 Å². The molecule has 2 aliphatic carbocycles. The fourth-order valence-electron chi connectivity index (χ4n) is 9.36. The molecule has 0 bridgehead atoms. The van der Waals surface area contributed by atoms with Crippen molar-refractivity contribution in [2.45, 2.75) is 181 Å². The van der Waals surface area contributed by atoms with Crippen molar-refractivity contribution in [3.05, 3.63) is 0 Å². The molecule has 6 heteroatoms. The number of rotatable bonds is 31. The van der Waals surface area contributed by atoms with E-state index >= 15 is 0 Å². The van der Waals surface area contributed by atoms with E-state index in [4.69, 9.17) is 19.6 Å². The first-order valence-corrected chi connectivity index (χ1v) is 22.7. The molecular weight excluding hydrogens is 633 g/mol.